The quantitative estimate of drug-likeness (QED) is 0.913. The Labute approximate surface area is 112 Å². The highest BCUT2D eigenvalue weighted by molar-refractivity contribution is 7.17. The lowest BCUT2D eigenvalue weighted by molar-refractivity contribution is 0.450. The van der Waals surface area contributed by atoms with Crippen molar-refractivity contribution in [3.05, 3.63) is 16.1 Å². The number of halogens is 1. The zero-order valence-corrected chi connectivity index (χ0v) is 12.6. The third-order valence-corrected chi connectivity index (χ3v) is 3.59. The van der Waals surface area contributed by atoms with Crippen LogP contribution in [0.1, 0.15) is 25.6 Å². The summed E-state index contributed by atoms with van der Waals surface area (Å²) in [4.78, 5) is 7.24. The van der Waals surface area contributed by atoms with Crippen LogP contribution in [0, 0.1) is 0 Å². The SMILES string of the molecule is CN(C)c1nc(Cl)c(C=CCNC(C)(C)C)s1. The van der Waals surface area contributed by atoms with E-state index in [9.17, 15) is 0 Å². The zero-order valence-electron chi connectivity index (χ0n) is 11.0. The topological polar surface area (TPSA) is 28.2 Å². The minimum atomic E-state index is 0.136. The van der Waals surface area contributed by atoms with E-state index < -0.39 is 0 Å². The molecule has 0 amide bonds. The van der Waals surface area contributed by atoms with E-state index in [1.807, 2.05) is 25.1 Å². The van der Waals surface area contributed by atoms with Crippen molar-refractivity contribution in [3.8, 4) is 0 Å². The third-order valence-electron chi connectivity index (χ3n) is 2.00. The van der Waals surface area contributed by atoms with Crippen LogP contribution in [0.4, 0.5) is 5.13 Å². The van der Waals surface area contributed by atoms with Crippen molar-refractivity contribution in [3.63, 3.8) is 0 Å². The minimum Gasteiger partial charge on any atom is -0.354 e. The Morgan fingerprint density at radius 3 is 2.53 bits per heavy atom. The summed E-state index contributed by atoms with van der Waals surface area (Å²) < 4.78 is 0. The molecule has 1 heterocycles. The Morgan fingerprint density at radius 1 is 1.41 bits per heavy atom. The smallest absolute Gasteiger partial charge is 0.186 e. The summed E-state index contributed by atoms with van der Waals surface area (Å²) in [5.41, 5.74) is 0.136. The highest BCUT2D eigenvalue weighted by Gasteiger charge is 2.08. The van der Waals surface area contributed by atoms with E-state index in [-0.39, 0.29) is 5.54 Å². The van der Waals surface area contributed by atoms with Gasteiger partial charge in [0, 0.05) is 26.2 Å². The average Bonchev–Trinajstić information content (AvgIpc) is 2.54. The maximum absolute atomic E-state index is 6.06. The molecule has 3 nitrogen and oxygen atoms in total. The first-order valence-corrected chi connectivity index (χ1v) is 6.74. The monoisotopic (exact) mass is 273 g/mol. The van der Waals surface area contributed by atoms with Crippen LogP contribution in [0.15, 0.2) is 6.08 Å². The largest absolute Gasteiger partial charge is 0.354 e. The normalized spacial score (nSPS) is 12.4. The van der Waals surface area contributed by atoms with Gasteiger partial charge in [0.05, 0.1) is 4.88 Å². The van der Waals surface area contributed by atoms with Crippen LogP contribution in [0.2, 0.25) is 5.15 Å². The number of nitrogens with zero attached hydrogens (tertiary/aromatic N) is 2. The number of aromatic nitrogens is 1. The summed E-state index contributed by atoms with van der Waals surface area (Å²) in [5, 5.41) is 4.89. The first-order chi connectivity index (χ1) is 7.79. The Balaban J connectivity index is 2.59. The van der Waals surface area contributed by atoms with Crippen molar-refractivity contribution < 1.29 is 0 Å². The van der Waals surface area contributed by atoms with Gasteiger partial charge in [-0.15, -0.1) is 0 Å². The maximum atomic E-state index is 6.06. The molecule has 0 spiro atoms. The standard InChI is InChI=1S/C12H20ClN3S/c1-12(2,3)14-8-6-7-9-10(13)15-11(17-9)16(4)5/h6-7,14H,8H2,1-5H3. The van der Waals surface area contributed by atoms with Gasteiger partial charge < -0.3 is 10.2 Å². The first kappa shape index (κ1) is 14.5. The van der Waals surface area contributed by atoms with E-state index in [4.69, 9.17) is 11.6 Å². The van der Waals surface area contributed by atoms with Crippen LogP contribution in [0.5, 0.6) is 0 Å². The lowest BCUT2D eigenvalue weighted by Gasteiger charge is -2.18. The fourth-order valence-electron chi connectivity index (χ4n) is 1.13. The van der Waals surface area contributed by atoms with E-state index in [2.05, 4.69) is 37.1 Å². The molecular formula is C12H20ClN3S. The molecule has 1 aromatic rings. The Kier molecular flexibility index (Phi) is 4.98. The summed E-state index contributed by atoms with van der Waals surface area (Å²) in [5.74, 6) is 0. The molecule has 0 unspecified atom stereocenters. The molecule has 0 saturated carbocycles. The molecule has 17 heavy (non-hydrogen) atoms. The van der Waals surface area contributed by atoms with Gasteiger partial charge in [-0.25, -0.2) is 4.98 Å². The predicted octanol–water partition coefficient (Wildman–Crippen LogP) is 3.26. The lowest BCUT2D eigenvalue weighted by atomic mass is 10.1. The molecule has 1 aromatic heterocycles. The Bertz CT molecular complexity index is 391. The van der Waals surface area contributed by atoms with Gasteiger partial charge in [-0.1, -0.05) is 29.0 Å². The molecule has 0 aromatic carbocycles. The molecule has 0 bridgehead atoms. The average molecular weight is 274 g/mol. The van der Waals surface area contributed by atoms with Gasteiger partial charge in [-0.05, 0) is 26.8 Å². The number of anilines is 1. The second kappa shape index (κ2) is 5.85. The fourth-order valence-corrected chi connectivity index (χ4v) is 2.25. The van der Waals surface area contributed by atoms with Crippen molar-refractivity contribution >= 4 is 34.1 Å². The Hall–Kier alpha value is -0.580. The van der Waals surface area contributed by atoms with Crippen molar-refractivity contribution in [1.82, 2.24) is 10.3 Å². The van der Waals surface area contributed by atoms with Crippen LogP contribution in [-0.4, -0.2) is 31.2 Å². The van der Waals surface area contributed by atoms with E-state index in [1.165, 1.54) is 0 Å². The molecule has 96 valence electrons. The van der Waals surface area contributed by atoms with Gasteiger partial charge in [-0.2, -0.15) is 0 Å². The number of hydrogen-bond acceptors (Lipinski definition) is 4. The van der Waals surface area contributed by atoms with Crippen molar-refractivity contribution in [1.29, 1.82) is 0 Å². The molecule has 5 heteroatoms. The van der Waals surface area contributed by atoms with Crippen molar-refractivity contribution in [2.75, 3.05) is 25.5 Å². The molecular weight excluding hydrogens is 254 g/mol. The van der Waals surface area contributed by atoms with Gasteiger partial charge >= 0.3 is 0 Å². The zero-order chi connectivity index (χ0) is 13.1. The molecule has 0 fully saturated rings. The van der Waals surface area contributed by atoms with Crippen LogP contribution in [-0.2, 0) is 0 Å². The van der Waals surface area contributed by atoms with Crippen LogP contribution >= 0.6 is 22.9 Å². The molecule has 0 saturated heterocycles. The summed E-state index contributed by atoms with van der Waals surface area (Å²) in [6, 6.07) is 0. The maximum Gasteiger partial charge on any atom is 0.186 e. The molecule has 0 aliphatic rings. The summed E-state index contributed by atoms with van der Waals surface area (Å²) in [6.45, 7) is 7.26. The molecule has 1 rings (SSSR count). The van der Waals surface area contributed by atoms with Crippen LogP contribution < -0.4 is 10.2 Å². The molecule has 1 N–H and O–H groups in total. The van der Waals surface area contributed by atoms with Gasteiger partial charge in [0.2, 0.25) is 0 Å². The number of rotatable bonds is 4. The van der Waals surface area contributed by atoms with Crippen molar-refractivity contribution in [2.24, 2.45) is 0 Å². The van der Waals surface area contributed by atoms with Gasteiger partial charge in [0.25, 0.3) is 0 Å². The summed E-state index contributed by atoms with van der Waals surface area (Å²) in [6.07, 6.45) is 4.09. The first-order valence-electron chi connectivity index (χ1n) is 5.55. The summed E-state index contributed by atoms with van der Waals surface area (Å²) in [7, 11) is 3.92. The number of hydrogen-bond donors (Lipinski definition) is 1. The lowest BCUT2D eigenvalue weighted by Crippen LogP contribution is -2.35. The van der Waals surface area contributed by atoms with E-state index >= 15 is 0 Å². The molecule has 0 aliphatic heterocycles. The summed E-state index contributed by atoms with van der Waals surface area (Å²) >= 11 is 7.65. The minimum absolute atomic E-state index is 0.136. The molecule has 0 aliphatic carbocycles. The third kappa shape index (κ3) is 5.06. The van der Waals surface area contributed by atoms with E-state index in [1.54, 1.807) is 11.3 Å². The highest BCUT2D eigenvalue weighted by atomic mass is 35.5. The van der Waals surface area contributed by atoms with Gasteiger partial charge in [0.15, 0.2) is 5.13 Å². The van der Waals surface area contributed by atoms with Gasteiger partial charge in [0.1, 0.15) is 5.15 Å². The second-order valence-corrected chi connectivity index (χ2v) is 6.45. The van der Waals surface area contributed by atoms with Gasteiger partial charge in [-0.3, -0.25) is 0 Å². The predicted molar refractivity (Wildman–Crippen MR) is 78.2 cm³/mol. The highest BCUT2D eigenvalue weighted by Crippen LogP contribution is 2.29. The molecule has 0 radical (unpaired) electrons. The van der Waals surface area contributed by atoms with Crippen molar-refractivity contribution in [2.45, 2.75) is 26.3 Å². The van der Waals surface area contributed by atoms with E-state index in [0.29, 0.717) is 5.15 Å². The number of nitrogens with one attached hydrogen (secondary N) is 1. The fraction of sp³-hybridized carbons (Fsp3) is 0.583. The number of thiazole rings is 1. The molecule has 0 atom stereocenters. The Morgan fingerprint density at radius 2 is 2.06 bits per heavy atom. The van der Waals surface area contributed by atoms with Crippen LogP contribution in [0.25, 0.3) is 6.08 Å². The van der Waals surface area contributed by atoms with E-state index in [0.717, 1.165) is 16.6 Å². The second-order valence-electron chi connectivity index (χ2n) is 5.08. The van der Waals surface area contributed by atoms with Crippen LogP contribution in [0.3, 0.4) is 0 Å².